The molecule has 1 saturated heterocycles. The molecule has 2 heterocycles. The van der Waals surface area contributed by atoms with E-state index in [-0.39, 0.29) is 37.1 Å². The number of nitrogens with one attached hydrogen (secondary N) is 1. The van der Waals surface area contributed by atoms with Crippen molar-refractivity contribution >= 4 is 35.3 Å². The van der Waals surface area contributed by atoms with Gasteiger partial charge in [0.25, 0.3) is 11.8 Å². The Labute approximate surface area is 153 Å². The van der Waals surface area contributed by atoms with Gasteiger partial charge in [-0.1, -0.05) is 5.92 Å². The van der Waals surface area contributed by atoms with E-state index in [1.54, 1.807) is 0 Å². The largest absolute Gasteiger partial charge is 0.480 e. The third-order valence-corrected chi connectivity index (χ3v) is 4.40. The molecule has 27 heavy (non-hydrogen) atoms. The predicted octanol–water partition coefficient (Wildman–Crippen LogP) is -0.388. The van der Waals surface area contributed by atoms with Crippen molar-refractivity contribution < 1.29 is 29.1 Å². The number of carbonyl (C=O) groups is 5. The molecule has 0 saturated carbocycles. The minimum absolute atomic E-state index is 0.00405. The van der Waals surface area contributed by atoms with Gasteiger partial charge in [0, 0.05) is 12.1 Å². The molecule has 1 unspecified atom stereocenters. The normalized spacial score (nSPS) is 18.8. The summed E-state index contributed by atoms with van der Waals surface area (Å²) in [5.41, 5.74) is 0.555. The number of carbonyl (C=O) groups excluding carboxylic acids is 4. The monoisotopic (exact) mass is 369 g/mol. The number of imide groups is 2. The Balaban J connectivity index is 1.92. The fraction of sp³-hybridized carbons (Fsp3) is 0.278. The lowest BCUT2D eigenvalue weighted by molar-refractivity contribution is -0.137. The number of rotatable bonds is 5. The van der Waals surface area contributed by atoms with E-state index in [9.17, 15) is 24.0 Å². The minimum atomic E-state index is -1.10. The number of benzene rings is 1. The number of anilines is 1. The molecule has 2 aliphatic rings. The number of carboxylic acids is 1. The highest BCUT2D eigenvalue weighted by Gasteiger charge is 2.44. The van der Waals surface area contributed by atoms with E-state index in [1.165, 1.54) is 23.1 Å². The van der Waals surface area contributed by atoms with Crippen molar-refractivity contribution in [3.8, 4) is 12.3 Å². The highest BCUT2D eigenvalue weighted by molar-refractivity contribution is 6.23. The summed E-state index contributed by atoms with van der Waals surface area (Å²) in [6.07, 6.45) is 5.36. The number of hydrogen-bond acceptors (Lipinski definition) is 6. The van der Waals surface area contributed by atoms with Gasteiger partial charge >= 0.3 is 5.97 Å². The Morgan fingerprint density at radius 1 is 1.26 bits per heavy atom. The summed E-state index contributed by atoms with van der Waals surface area (Å²) < 4.78 is 0. The zero-order valence-electron chi connectivity index (χ0n) is 14.1. The van der Waals surface area contributed by atoms with Crippen LogP contribution in [0.4, 0.5) is 5.69 Å². The third-order valence-electron chi connectivity index (χ3n) is 4.40. The van der Waals surface area contributed by atoms with Crippen LogP contribution in [0.25, 0.3) is 0 Å². The zero-order valence-corrected chi connectivity index (χ0v) is 14.1. The SMILES string of the molecule is C#CCN(CC(=O)O)c1ccc2c(c1)C(=O)N(C1CCC(=O)NC1=O)C2=O. The number of nitrogens with zero attached hydrogens (tertiary/aromatic N) is 2. The molecule has 0 aromatic heterocycles. The Hall–Kier alpha value is -3.67. The smallest absolute Gasteiger partial charge is 0.323 e. The van der Waals surface area contributed by atoms with Crippen LogP contribution in [0.3, 0.4) is 0 Å². The van der Waals surface area contributed by atoms with Gasteiger partial charge in [-0.2, -0.15) is 0 Å². The summed E-state index contributed by atoms with van der Waals surface area (Å²) in [5.74, 6) is -1.19. The number of piperidine rings is 1. The third kappa shape index (κ3) is 3.25. The second-order valence-electron chi connectivity index (χ2n) is 6.13. The summed E-state index contributed by atoms with van der Waals surface area (Å²) in [4.78, 5) is 61.9. The van der Waals surface area contributed by atoms with E-state index in [2.05, 4.69) is 11.2 Å². The first-order valence-electron chi connectivity index (χ1n) is 8.09. The number of amides is 4. The van der Waals surface area contributed by atoms with E-state index in [1.807, 2.05) is 0 Å². The molecule has 9 heteroatoms. The van der Waals surface area contributed by atoms with Crippen molar-refractivity contribution in [3.05, 3.63) is 29.3 Å². The van der Waals surface area contributed by atoms with Gasteiger partial charge in [-0.15, -0.1) is 6.42 Å². The van der Waals surface area contributed by atoms with Gasteiger partial charge in [-0.3, -0.25) is 34.2 Å². The van der Waals surface area contributed by atoms with Gasteiger partial charge in [0.15, 0.2) is 0 Å². The number of hydrogen-bond donors (Lipinski definition) is 2. The van der Waals surface area contributed by atoms with E-state index in [0.717, 1.165) is 4.90 Å². The second kappa shape index (κ2) is 6.92. The van der Waals surface area contributed by atoms with Gasteiger partial charge in [-0.25, -0.2) is 0 Å². The standard InChI is InChI=1S/C18H15N3O6/c1-2-7-20(9-15(23)24)10-3-4-11-12(8-10)18(27)21(17(11)26)13-5-6-14(22)19-16(13)25/h1,3-4,8,13H,5-7,9H2,(H,23,24)(H,19,22,25). The van der Waals surface area contributed by atoms with Crippen molar-refractivity contribution in [2.75, 3.05) is 18.0 Å². The van der Waals surface area contributed by atoms with Gasteiger partial charge in [0.05, 0.1) is 17.7 Å². The predicted molar refractivity (Wildman–Crippen MR) is 91.8 cm³/mol. The van der Waals surface area contributed by atoms with Crippen LogP contribution in [0, 0.1) is 12.3 Å². The van der Waals surface area contributed by atoms with Gasteiger partial charge in [-0.05, 0) is 24.6 Å². The maximum atomic E-state index is 12.8. The molecule has 2 N–H and O–H groups in total. The highest BCUT2D eigenvalue weighted by Crippen LogP contribution is 2.30. The van der Waals surface area contributed by atoms with Crippen molar-refractivity contribution in [2.24, 2.45) is 0 Å². The molecule has 0 radical (unpaired) electrons. The number of carboxylic acid groups (broad SMARTS) is 1. The van der Waals surface area contributed by atoms with Crippen molar-refractivity contribution in [3.63, 3.8) is 0 Å². The Bertz CT molecular complexity index is 916. The summed E-state index contributed by atoms with van der Waals surface area (Å²) in [7, 11) is 0. The van der Waals surface area contributed by atoms with Crippen LogP contribution in [-0.4, -0.2) is 58.7 Å². The topological polar surface area (TPSA) is 124 Å². The molecule has 1 atom stereocenters. The highest BCUT2D eigenvalue weighted by atomic mass is 16.4. The number of fused-ring (bicyclic) bond motifs is 1. The summed E-state index contributed by atoms with van der Waals surface area (Å²) in [6, 6.07) is 3.24. The number of terminal acetylenes is 1. The first kappa shape index (κ1) is 18.1. The van der Waals surface area contributed by atoms with Crippen LogP contribution < -0.4 is 10.2 Å². The molecular weight excluding hydrogens is 354 g/mol. The lowest BCUT2D eigenvalue weighted by Crippen LogP contribution is -2.54. The molecule has 2 aliphatic heterocycles. The van der Waals surface area contributed by atoms with Crippen LogP contribution in [0.1, 0.15) is 33.6 Å². The Kier molecular flexibility index (Phi) is 4.64. The van der Waals surface area contributed by atoms with Crippen LogP contribution in [0.5, 0.6) is 0 Å². The minimum Gasteiger partial charge on any atom is -0.480 e. The zero-order chi connectivity index (χ0) is 19.7. The first-order chi connectivity index (χ1) is 12.8. The summed E-state index contributed by atoms with van der Waals surface area (Å²) in [6.45, 7) is -0.369. The summed E-state index contributed by atoms with van der Waals surface area (Å²) in [5, 5.41) is 11.1. The summed E-state index contributed by atoms with van der Waals surface area (Å²) >= 11 is 0. The quantitative estimate of drug-likeness (QED) is 0.535. The fourth-order valence-electron chi connectivity index (χ4n) is 3.17. The van der Waals surface area contributed by atoms with Crippen molar-refractivity contribution in [1.29, 1.82) is 0 Å². The molecule has 1 aromatic carbocycles. The van der Waals surface area contributed by atoms with E-state index in [0.29, 0.717) is 5.69 Å². The molecule has 9 nitrogen and oxygen atoms in total. The van der Waals surface area contributed by atoms with Gasteiger partial charge < -0.3 is 10.0 Å². The fourth-order valence-corrected chi connectivity index (χ4v) is 3.17. The molecule has 0 spiro atoms. The molecule has 3 rings (SSSR count). The van der Waals surface area contributed by atoms with Crippen molar-refractivity contribution in [2.45, 2.75) is 18.9 Å². The molecule has 1 fully saturated rings. The molecule has 4 amide bonds. The molecule has 0 bridgehead atoms. The average Bonchev–Trinajstić information content (AvgIpc) is 2.85. The van der Waals surface area contributed by atoms with Crippen LogP contribution in [-0.2, 0) is 14.4 Å². The van der Waals surface area contributed by atoms with Gasteiger partial charge in [0.1, 0.15) is 12.6 Å². The van der Waals surface area contributed by atoms with Crippen LogP contribution in [0.2, 0.25) is 0 Å². The Morgan fingerprint density at radius 2 is 1.96 bits per heavy atom. The van der Waals surface area contributed by atoms with Crippen molar-refractivity contribution in [1.82, 2.24) is 10.2 Å². The molecular formula is C18H15N3O6. The average molecular weight is 369 g/mol. The Morgan fingerprint density at radius 3 is 2.59 bits per heavy atom. The lowest BCUT2D eigenvalue weighted by atomic mass is 10.0. The molecule has 138 valence electrons. The maximum absolute atomic E-state index is 12.8. The maximum Gasteiger partial charge on any atom is 0.323 e. The number of aliphatic carboxylic acids is 1. The van der Waals surface area contributed by atoms with Gasteiger partial charge in [0.2, 0.25) is 11.8 Å². The molecule has 0 aliphatic carbocycles. The van der Waals surface area contributed by atoms with E-state index in [4.69, 9.17) is 11.5 Å². The lowest BCUT2D eigenvalue weighted by Gasteiger charge is -2.27. The van der Waals surface area contributed by atoms with E-state index >= 15 is 0 Å². The van der Waals surface area contributed by atoms with E-state index < -0.39 is 35.6 Å². The molecule has 1 aromatic rings. The second-order valence-corrected chi connectivity index (χ2v) is 6.13. The van der Waals surface area contributed by atoms with Crippen LogP contribution >= 0.6 is 0 Å². The van der Waals surface area contributed by atoms with Crippen LogP contribution in [0.15, 0.2) is 18.2 Å². The first-order valence-corrected chi connectivity index (χ1v) is 8.09.